The number of fused-ring (bicyclic) bond motifs is 12. The van der Waals surface area contributed by atoms with E-state index in [9.17, 15) is 0 Å². The summed E-state index contributed by atoms with van der Waals surface area (Å²) in [6.45, 7) is 14.0. The second kappa shape index (κ2) is 13.6. The van der Waals surface area contributed by atoms with E-state index in [1.54, 1.807) is 0 Å². The zero-order valence-electron chi connectivity index (χ0n) is 37.1. The Morgan fingerprint density at radius 1 is 0.292 bits per heavy atom. The monoisotopic (exact) mass is 833 g/mol. The van der Waals surface area contributed by atoms with Gasteiger partial charge in [-0.25, -0.2) is 0 Å². The van der Waals surface area contributed by atoms with Gasteiger partial charge in [0, 0.05) is 39.0 Å². The summed E-state index contributed by atoms with van der Waals surface area (Å²) in [6, 6.07) is 74.5. The highest BCUT2D eigenvalue weighted by molar-refractivity contribution is 6.27. The Kier molecular flexibility index (Phi) is 7.86. The quantitative estimate of drug-likeness (QED) is 0.164. The summed E-state index contributed by atoms with van der Waals surface area (Å²) in [5.74, 6) is 0. The van der Waals surface area contributed by atoms with E-state index in [0.29, 0.717) is 0 Å². The van der Waals surface area contributed by atoms with Crippen molar-refractivity contribution in [1.82, 2.24) is 0 Å². The van der Waals surface area contributed by atoms with Crippen LogP contribution in [0.4, 0.5) is 51.2 Å². The minimum absolute atomic E-state index is 0.144. The molecule has 0 atom stereocenters. The van der Waals surface area contributed by atoms with Gasteiger partial charge in [0.15, 0.2) is 0 Å². The van der Waals surface area contributed by atoms with Crippen LogP contribution >= 0.6 is 0 Å². The fourth-order valence-corrected chi connectivity index (χ4v) is 11.7. The molecule has 0 N–H and O–H groups in total. The molecule has 0 bridgehead atoms. The molecule has 0 aromatic heterocycles. The van der Waals surface area contributed by atoms with Gasteiger partial charge in [-0.2, -0.15) is 0 Å². The molecule has 0 aliphatic carbocycles. The molecule has 0 amide bonds. The van der Waals surface area contributed by atoms with Crippen LogP contribution in [-0.4, -0.2) is 0 Å². The topological polar surface area (TPSA) is 9.72 Å². The molecule has 0 saturated carbocycles. The summed E-state index contributed by atoms with van der Waals surface area (Å²) < 4.78 is 0. The lowest BCUT2D eigenvalue weighted by atomic mass is 9.73. The normalized spacial score (nSPS) is 15.3. The van der Waals surface area contributed by atoms with E-state index >= 15 is 0 Å². The number of rotatable bonds is 3. The molecule has 0 unspecified atom stereocenters. The third-order valence-electron chi connectivity index (χ3n) is 14.9. The number of hydrogen-bond acceptors (Lipinski definition) is 3. The van der Waals surface area contributed by atoms with Crippen LogP contribution in [0.25, 0.3) is 37.9 Å². The van der Waals surface area contributed by atoms with Crippen LogP contribution in [0.3, 0.4) is 0 Å². The third kappa shape index (κ3) is 5.24. The van der Waals surface area contributed by atoms with E-state index in [2.05, 4.69) is 249 Å². The van der Waals surface area contributed by atoms with Crippen molar-refractivity contribution in [2.45, 2.75) is 38.5 Å². The first-order valence-electron chi connectivity index (χ1n) is 22.8. The SMILES string of the molecule is C=C1c2ccccc2N(c2ccc3c(c2)c2ccc(N4c5ccccc5C(C)(C)c5ccccc54)cc2c2ccc(N4c5ccccc5C(C)(C)c5ccccc54)cc32)c2ccccc21. The minimum Gasteiger partial charge on any atom is -0.310 e. The Hall–Kier alpha value is -7.88. The molecule has 0 radical (unpaired) electrons. The van der Waals surface area contributed by atoms with Crippen molar-refractivity contribution in [3.8, 4) is 0 Å². The standard InChI is InChI=1S/C62H47N3/c1-39-43-18-6-12-24-55(43)63(56-25-13-7-19-44(39)56)40-30-33-45-48(36-40)46-34-31-41(64-57-26-14-8-20-51(57)61(2,3)52-21-9-15-27-58(52)64)38-50(46)47-35-32-42(37-49(45)47)65-59-28-16-10-22-53(59)62(4,5)54-23-11-17-29-60(54)65/h6-38H,1H2,2-5H3. The van der Waals surface area contributed by atoms with Crippen LogP contribution in [0.15, 0.2) is 207 Å². The summed E-state index contributed by atoms with van der Waals surface area (Å²) >= 11 is 0. The van der Waals surface area contributed by atoms with E-state index in [1.165, 1.54) is 77.3 Å². The van der Waals surface area contributed by atoms with Crippen LogP contribution in [0.1, 0.15) is 61.1 Å². The van der Waals surface area contributed by atoms with Gasteiger partial charge < -0.3 is 14.7 Å². The van der Waals surface area contributed by atoms with Gasteiger partial charge in [0.2, 0.25) is 0 Å². The molecule has 3 heteroatoms. The van der Waals surface area contributed by atoms with Gasteiger partial charge in [0.05, 0.1) is 34.1 Å². The molecule has 0 saturated heterocycles. The van der Waals surface area contributed by atoms with Gasteiger partial charge in [-0.15, -0.1) is 0 Å². The number of nitrogens with zero attached hydrogens (tertiary/aromatic N) is 3. The molecule has 10 aromatic rings. The van der Waals surface area contributed by atoms with Gasteiger partial charge in [-0.3, -0.25) is 0 Å². The maximum Gasteiger partial charge on any atom is 0.0540 e. The van der Waals surface area contributed by atoms with Crippen LogP contribution < -0.4 is 14.7 Å². The van der Waals surface area contributed by atoms with Gasteiger partial charge in [0.1, 0.15) is 0 Å². The van der Waals surface area contributed by atoms with Crippen molar-refractivity contribution in [3.05, 3.63) is 240 Å². The Balaban J connectivity index is 1.09. The predicted octanol–water partition coefficient (Wildman–Crippen LogP) is 17.2. The van der Waals surface area contributed by atoms with Crippen molar-refractivity contribution in [2.24, 2.45) is 0 Å². The number of benzene rings is 10. The third-order valence-corrected chi connectivity index (χ3v) is 14.9. The lowest BCUT2D eigenvalue weighted by Gasteiger charge is -2.42. The maximum absolute atomic E-state index is 4.58. The Labute approximate surface area is 380 Å². The van der Waals surface area contributed by atoms with E-state index in [-0.39, 0.29) is 10.8 Å². The summed E-state index contributed by atoms with van der Waals surface area (Å²) in [7, 11) is 0. The highest BCUT2D eigenvalue weighted by atomic mass is 15.2. The smallest absolute Gasteiger partial charge is 0.0540 e. The van der Waals surface area contributed by atoms with Crippen molar-refractivity contribution >= 4 is 89.1 Å². The van der Waals surface area contributed by atoms with Crippen LogP contribution in [0.5, 0.6) is 0 Å². The first-order valence-corrected chi connectivity index (χ1v) is 22.8. The zero-order chi connectivity index (χ0) is 43.8. The van der Waals surface area contributed by atoms with Gasteiger partial charge in [-0.05, 0) is 133 Å². The number of anilines is 9. The van der Waals surface area contributed by atoms with Gasteiger partial charge in [-0.1, -0.05) is 162 Å². The Morgan fingerprint density at radius 3 is 0.877 bits per heavy atom. The minimum atomic E-state index is -0.144. The first kappa shape index (κ1) is 37.7. The van der Waals surface area contributed by atoms with Crippen molar-refractivity contribution in [3.63, 3.8) is 0 Å². The molecule has 0 fully saturated rings. The summed E-state index contributed by atoms with van der Waals surface area (Å²) in [5.41, 5.74) is 18.9. The van der Waals surface area contributed by atoms with Crippen LogP contribution in [-0.2, 0) is 10.8 Å². The molecule has 65 heavy (non-hydrogen) atoms. The first-order chi connectivity index (χ1) is 31.7. The molecular weight excluding hydrogens is 787 g/mol. The average Bonchev–Trinajstić information content (AvgIpc) is 3.34. The largest absolute Gasteiger partial charge is 0.310 e. The molecule has 3 aliphatic heterocycles. The Bertz CT molecular complexity index is 3370. The molecule has 310 valence electrons. The fourth-order valence-electron chi connectivity index (χ4n) is 11.7. The zero-order valence-corrected chi connectivity index (χ0v) is 37.1. The van der Waals surface area contributed by atoms with Crippen molar-refractivity contribution in [1.29, 1.82) is 0 Å². The molecule has 3 nitrogen and oxygen atoms in total. The van der Waals surface area contributed by atoms with Gasteiger partial charge in [0.25, 0.3) is 0 Å². The van der Waals surface area contributed by atoms with E-state index < -0.39 is 0 Å². The average molecular weight is 834 g/mol. The predicted molar refractivity (Wildman–Crippen MR) is 275 cm³/mol. The summed E-state index contributed by atoms with van der Waals surface area (Å²) in [4.78, 5) is 7.38. The lowest BCUT2D eigenvalue weighted by molar-refractivity contribution is 0.632. The van der Waals surface area contributed by atoms with Crippen molar-refractivity contribution < 1.29 is 0 Å². The van der Waals surface area contributed by atoms with E-state index in [0.717, 1.165) is 45.1 Å². The highest BCUT2D eigenvalue weighted by Crippen LogP contribution is 2.55. The van der Waals surface area contributed by atoms with Crippen LogP contribution in [0, 0.1) is 0 Å². The van der Waals surface area contributed by atoms with Gasteiger partial charge >= 0.3 is 0 Å². The summed E-state index contributed by atoms with van der Waals surface area (Å²) in [5, 5.41) is 7.35. The number of hydrogen-bond donors (Lipinski definition) is 0. The van der Waals surface area contributed by atoms with E-state index in [1.807, 2.05) is 0 Å². The Morgan fingerprint density at radius 2 is 0.554 bits per heavy atom. The lowest BCUT2D eigenvalue weighted by Crippen LogP contribution is -2.30. The number of para-hydroxylation sites is 6. The fraction of sp³-hybridized carbons (Fsp3) is 0.0968. The van der Waals surface area contributed by atoms with E-state index in [4.69, 9.17) is 0 Å². The summed E-state index contributed by atoms with van der Waals surface area (Å²) in [6.07, 6.45) is 0. The second-order valence-electron chi connectivity index (χ2n) is 19.0. The molecule has 10 aromatic carbocycles. The highest BCUT2D eigenvalue weighted by Gasteiger charge is 2.38. The molecule has 13 rings (SSSR count). The second-order valence-corrected chi connectivity index (χ2v) is 19.0. The molecule has 3 aliphatic rings. The van der Waals surface area contributed by atoms with Crippen molar-refractivity contribution in [2.75, 3.05) is 14.7 Å². The molecular formula is C62H47N3. The van der Waals surface area contributed by atoms with Crippen LogP contribution in [0.2, 0.25) is 0 Å². The molecule has 3 heterocycles. The maximum atomic E-state index is 4.58. The molecule has 0 spiro atoms.